The number of anilines is 1. The van der Waals surface area contributed by atoms with Gasteiger partial charge in [0.2, 0.25) is 0 Å². The Labute approximate surface area is 81.5 Å². The van der Waals surface area contributed by atoms with Gasteiger partial charge in [-0.25, -0.2) is 4.68 Å². The van der Waals surface area contributed by atoms with Crippen molar-refractivity contribution in [3.05, 3.63) is 23.5 Å². The molecule has 0 spiro atoms. The minimum Gasteiger partial charge on any atom is -0.262 e. The molecule has 0 aliphatic rings. The van der Waals surface area contributed by atoms with Gasteiger partial charge < -0.3 is 0 Å². The molecule has 2 aromatic heterocycles. The van der Waals surface area contributed by atoms with Crippen LogP contribution in [-0.4, -0.2) is 24.9 Å². The predicted molar refractivity (Wildman–Crippen MR) is 51.7 cm³/mol. The predicted octanol–water partition coefficient (Wildman–Crippen LogP) is 0.504. The number of rotatable bonds is 2. The number of hydrogen-bond donors (Lipinski definition) is 1. The molecule has 2 rings (SSSR count). The van der Waals surface area contributed by atoms with Crippen LogP contribution in [-0.2, 0) is 7.05 Å². The maximum absolute atomic E-state index is 3.84. The minimum atomic E-state index is 0.618. The number of hydrogen-bond acceptors (Lipinski definition) is 4. The van der Waals surface area contributed by atoms with Gasteiger partial charge in [-0.05, 0) is 36.4 Å². The van der Waals surface area contributed by atoms with Crippen LogP contribution < -0.4 is 5.43 Å². The van der Waals surface area contributed by atoms with Gasteiger partial charge in [0.05, 0.1) is 0 Å². The van der Waals surface area contributed by atoms with E-state index in [1.807, 2.05) is 30.7 Å². The lowest BCUT2D eigenvalue weighted by molar-refractivity contribution is 0.705. The number of aryl methyl sites for hydroxylation is 3. The van der Waals surface area contributed by atoms with Crippen molar-refractivity contribution in [2.75, 3.05) is 5.43 Å². The molecule has 0 unspecified atom stereocenters. The van der Waals surface area contributed by atoms with E-state index in [0.29, 0.717) is 5.95 Å². The molecule has 2 heterocycles. The number of nitrogens with one attached hydrogen (secondary N) is 1. The van der Waals surface area contributed by atoms with Crippen LogP contribution >= 0.6 is 0 Å². The van der Waals surface area contributed by atoms with Crippen molar-refractivity contribution in [2.24, 2.45) is 7.05 Å². The third-order valence-corrected chi connectivity index (χ3v) is 2.10. The maximum atomic E-state index is 3.84. The summed E-state index contributed by atoms with van der Waals surface area (Å²) >= 11 is 0. The summed E-state index contributed by atoms with van der Waals surface area (Å²) in [6.45, 7) is 4.04. The molecule has 0 aromatic carbocycles. The second kappa shape index (κ2) is 3.13. The van der Waals surface area contributed by atoms with Crippen LogP contribution in [0.3, 0.4) is 0 Å². The second-order valence-corrected chi connectivity index (χ2v) is 3.19. The normalized spacial score (nSPS) is 10.5. The Kier molecular flexibility index (Phi) is 1.95. The van der Waals surface area contributed by atoms with E-state index in [1.54, 1.807) is 11.7 Å². The van der Waals surface area contributed by atoms with Gasteiger partial charge in [-0.3, -0.25) is 10.1 Å². The Balaban J connectivity index is 2.31. The van der Waals surface area contributed by atoms with Crippen LogP contribution in [0.1, 0.15) is 11.4 Å². The van der Waals surface area contributed by atoms with Gasteiger partial charge in [-0.2, -0.15) is 0 Å². The van der Waals surface area contributed by atoms with E-state index in [-0.39, 0.29) is 0 Å². The van der Waals surface area contributed by atoms with Crippen LogP contribution in [0.4, 0.5) is 5.95 Å². The molecule has 0 amide bonds. The van der Waals surface area contributed by atoms with Crippen LogP contribution in [0.5, 0.6) is 0 Å². The van der Waals surface area contributed by atoms with E-state index < -0.39 is 0 Å². The van der Waals surface area contributed by atoms with Gasteiger partial charge in [0.15, 0.2) is 0 Å². The SMILES string of the molecule is Cc1ccc(C)n1Nc1nnnn1C. The Morgan fingerprint density at radius 2 is 1.86 bits per heavy atom. The minimum absolute atomic E-state index is 0.618. The van der Waals surface area contributed by atoms with Crippen molar-refractivity contribution in [3.63, 3.8) is 0 Å². The van der Waals surface area contributed by atoms with E-state index in [1.165, 1.54) is 0 Å². The lowest BCUT2D eigenvalue weighted by atomic mass is 10.5. The highest BCUT2D eigenvalue weighted by Crippen LogP contribution is 2.07. The first-order valence-electron chi connectivity index (χ1n) is 4.33. The summed E-state index contributed by atoms with van der Waals surface area (Å²) in [4.78, 5) is 0. The summed E-state index contributed by atoms with van der Waals surface area (Å²) in [6.07, 6.45) is 0. The van der Waals surface area contributed by atoms with Gasteiger partial charge in [-0.1, -0.05) is 5.10 Å². The topological polar surface area (TPSA) is 60.6 Å². The van der Waals surface area contributed by atoms with Crippen molar-refractivity contribution in [3.8, 4) is 0 Å². The van der Waals surface area contributed by atoms with Gasteiger partial charge >= 0.3 is 0 Å². The molecule has 0 fully saturated rings. The Morgan fingerprint density at radius 1 is 1.21 bits per heavy atom. The highest BCUT2D eigenvalue weighted by Gasteiger charge is 2.04. The number of tetrazole rings is 1. The highest BCUT2D eigenvalue weighted by molar-refractivity contribution is 5.26. The van der Waals surface area contributed by atoms with Crippen molar-refractivity contribution < 1.29 is 0 Å². The zero-order valence-electron chi connectivity index (χ0n) is 8.39. The third-order valence-electron chi connectivity index (χ3n) is 2.10. The summed E-state index contributed by atoms with van der Waals surface area (Å²) in [5, 5.41) is 11.1. The van der Waals surface area contributed by atoms with Crippen LogP contribution in [0, 0.1) is 13.8 Å². The molecular weight excluding hydrogens is 180 g/mol. The van der Waals surface area contributed by atoms with Gasteiger partial charge in [0, 0.05) is 18.4 Å². The molecule has 0 bridgehead atoms. The first kappa shape index (κ1) is 8.74. The first-order chi connectivity index (χ1) is 6.68. The summed E-state index contributed by atoms with van der Waals surface area (Å²) in [5.41, 5.74) is 5.34. The lowest BCUT2D eigenvalue weighted by Crippen LogP contribution is -2.15. The molecule has 2 aromatic rings. The molecule has 0 aliphatic carbocycles. The average molecular weight is 192 g/mol. The van der Waals surface area contributed by atoms with E-state index in [4.69, 9.17) is 0 Å². The summed E-state index contributed by atoms with van der Waals surface area (Å²) in [5.74, 6) is 0.618. The van der Waals surface area contributed by atoms with Crippen molar-refractivity contribution >= 4 is 5.95 Å². The summed E-state index contributed by atoms with van der Waals surface area (Å²) in [6, 6.07) is 4.07. The van der Waals surface area contributed by atoms with Crippen molar-refractivity contribution in [2.45, 2.75) is 13.8 Å². The van der Waals surface area contributed by atoms with E-state index in [0.717, 1.165) is 11.4 Å². The van der Waals surface area contributed by atoms with Crippen LogP contribution in [0.2, 0.25) is 0 Å². The molecule has 0 radical (unpaired) electrons. The molecule has 0 atom stereocenters. The average Bonchev–Trinajstić information content (AvgIpc) is 2.67. The van der Waals surface area contributed by atoms with Crippen LogP contribution in [0.15, 0.2) is 12.1 Å². The number of nitrogens with zero attached hydrogens (tertiary/aromatic N) is 5. The standard InChI is InChI=1S/C8H12N6/c1-6-4-5-7(2)14(6)10-8-9-11-12-13(8)3/h4-5H,1-3H3,(H,9,10,12). The first-order valence-corrected chi connectivity index (χ1v) is 4.33. The molecule has 0 aliphatic heterocycles. The van der Waals surface area contributed by atoms with E-state index >= 15 is 0 Å². The monoisotopic (exact) mass is 192 g/mol. The Hall–Kier alpha value is -1.85. The van der Waals surface area contributed by atoms with Gasteiger partial charge in [0.1, 0.15) is 0 Å². The Morgan fingerprint density at radius 3 is 2.36 bits per heavy atom. The largest absolute Gasteiger partial charge is 0.262 e. The van der Waals surface area contributed by atoms with Gasteiger partial charge in [0.25, 0.3) is 5.95 Å². The fraction of sp³-hybridized carbons (Fsp3) is 0.375. The van der Waals surface area contributed by atoms with Gasteiger partial charge in [-0.15, -0.1) is 0 Å². The third kappa shape index (κ3) is 1.34. The zero-order chi connectivity index (χ0) is 10.1. The molecule has 0 saturated carbocycles. The van der Waals surface area contributed by atoms with Crippen LogP contribution in [0.25, 0.3) is 0 Å². The fourth-order valence-corrected chi connectivity index (χ4v) is 1.27. The maximum Gasteiger partial charge on any atom is 0.261 e. The fourth-order valence-electron chi connectivity index (χ4n) is 1.27. The molecule has 14 heavy (non-hydrogen) atoms. The zero-order valence-corrected chi connectivity index (χ0v) is 8.39. The number of aromatic nitrogens is 5. The second-order valence-electron chi connectivity index (χ2n) is 3.19. The Bertz CT molecular complexity index is 421. The molecule has 1 N–H and O–H groups in total. The molecule has 6 heteroatoms. The van der Waals surface area contributed by atoms with E-state index in [2.05, 4.69) is 21.0 Å². The smallest absolute Gasteiger partial charge is 0.261 e. The lowest BCUT2D eigenvalue weighted by Gasteiger charge is -2.09. The molecule has 6 nitrogen and oxygen atoms in total. The van der Waals surface area contributed by atoms with Crippen molar-refractivity contribution in [1.82, 2.24) is 24.9 Å². The molecular formula is C8H12N6. The molecule has 0 saturated heterocycles. The van der Waals surface area contributed by atoms with Crippen molar-refractivity contribution in [1.29, 1.82) is 0 Å². The molecule has 74 valence electrons. The highest BCUT2D eigenvalue weighted by atomic mass is 15.6. The quantitative estimate of drug-likeness (QED) is 0.752. The summed E-state index contributed by atoms with van der Waals surface area (Å²) in [7, 11) is 1.79. The summed E-state index contributed by atoms with van der Waals surface area (Å²) < 4.78 is 3.52. The van der Waals surface area contributed by atoms with E-state index in [9.17, 15) is 0 Å².